The number of hydrogen-bond donors (Lipinski definition) is 1. The van der Waals surface area contributed by atoms with Gasteiger partial charge in [0, 0.05) is 18.1 Å². The van der Waals surface area contributed by atoms with Crippen LogP contribution in [0.4, 0.5) is 5.82 Å². The number of aryl methyl sites for hydroxylation is 1. The lowest BCUT2D eigenvalue weighted by molar-refractivity contribution is 0.575. The summed E-state index contributed by atoms with van der Waals surface area (Å²) in [6, 6.07) is 11.9. The molecule has 0 spiro atoms. The van der Waals surface area contributed by atoms with Crippen LogP contribution in [-0.2, 0) is 6.42 Å². The Morgan fingerprint density at radius 2 is 1.83 bits per heavy atom. The number of nitrogens with two attached hydrogens (primary N) is 1. The monoisotopic (exact) mass is 241 g/mol. The van der Waals surface area contributed by atoms with Crippen LogP contribution in [0, 0.1) is 5.92 Å². The highest BCUT2D eigenvalue weighted by Gasteiger charge is 2.05. The fraction of sp³-hybridized carbons (Fsp3) is 0.333. The zero-order valence-electron chi connectivity index (χ0n) is 10.9. The van der Waals surface area contributed by atoms with E-state index >= 15 is 0 Å². The third-order valence-electron chi connectivity index (χ3n) is 2.81. The summed E-state index contributed by atoms with van der Waals surface area (Å²) in [6.45, 7) is 4.40. The first-order chi connectivity index (χ1) is 8.65. The first-order valence-electron chi connectivity index (χ1n) is 6.34. The van der Waals surface area contributed by atoms with Crippen molar-refractivity contribution >= 4 is 5.82 Å². The average molecular weight is 241 g/mol. The van der Waals surface area contributed by atoms with Gasteiger partial charge in [0.25, 0.3) is 0 Å². The smallest absolute Gasteiger partial charge is 0.131 e. The van der Waals surface area contributed by atoms with Gasteiger partial charge in [-0.15, -0.1) is 0 Å². The molecule has 3 heteroatoms. The molecule has 0 atom stereocenters. The Hall–Kier alpha value is -1.90. The molecule has 0 fully saturated rings. The minimum absolute atomic E-state index is 0.544. The van der Waals surface area contributed by atoms with E-state index < -0.39 is 0 Å². The van der Waals surface area contributed by atoms with E-state index in [0.717, 1.165) is 29.9 Å². The van der Waals surface area contributed by atoms with Crippen molar-refractivity contribution in [3.63, 3.8) is 0 Å². The van der Waals surface area contributed by atoms with Gasteiger partial charge in [0.2, 0.25) is 0 Å². The van der Waals surface area contributed by atoms with Crippen LogP contribution in [-0.4, -0.2) is 9.97 Å². The maximum Gasteiger partial charge on any atom is 0.131 e. The lowest BCUT2D eigenvalue weighted by Crippen LogP contribution is -2.03. The van der Waals surface area contributed by atoms with Crippen molar-refractivity contribution in [1.82, 2.24) is 9.97 Å². The molecule has 1 heterocycles. The molecular formula is C15H19N3. The van der Waals surface area contributed by atoms with Gasteiger partial charge >= 0.3 is 0 Å². The molecule has 3 nitrogen and oxygen atoms in total. The quantitative estimate of drug-likeness (QED) is 0.893. The van der Waals surface area contributed by atoms with Gasteiger partial charge in [-0.1, -0.05) is 44.2 Å². The average Bonchev–Trinajstić information content (AvgIpc) is 2.37. The van der Waals surface area contributed by atoms with Crippen molar-refractivity contribution in [2.45, 2.75) is 26.7 Å². The third-order valence-corrected chi connectivity index (χ3v) is 2.81. The highest BCUT2D eigenvalue weighted by atomic mass is 14.9. The van der Waals surface area contributed by atoms with Crippen LogP contribution in [0.15, 0.2) is 36.4 Å². The standard InChI is InChI=1S/C15H19N3/c1-11(2)8-9-15-17-13(10-14(16)18-15)12-6-4-3-5-7-12/h3-7,10-11H,8-9H2,1-2H3,(H2,16,17,18). The summed E-state index contributed by atoms with van der Waals surface area (Å²) in [5.41, 5.74) is 7.84. The van der Waals surface area contributed by atoms with E-state index in [1.54, 1.807) is 0 Å². The highest BCUT2D eigenvalue weighted by Crippen LogP contribution is 2.19. The molecule has 0 radical (unpaired) electrons. The Morgan fingerprint density at radius 1 is 1.11 bits per heavy atom. The summed E-state index contributed by atoms with van der Waals surface area (Å²) >= 11 is 0. The van der Waals surface area contributed by atoms with Crippen molar-refractivity contribution in [2.75, 3.05) is 5.73 Å². The van der Waals surface area contributed by atoms with Crippen molar-refractivity contribution in [3.8, 4) is 11.3 Å². The minimum Gasteiger partial charge on any atom is -0.384 e. The number of nitrogens with zero attached hydrogens (tertiary/aromatic N) is 2. The summed E-state index contributed by atoms with van der Waals surface area (Å²) in [4.78, 5) is 8.88. The summed E-state index contributed by atoms with van der Waals surface area (Å²) in [5.74, 6) is 2.03. The third kappa shape index (κ3) is 3.29. The summed E-state index contributed by atoms with van der Waals surface area (Å²) in [5, 5.41) is 0. The number of nitrogen functional groups attached to an aromatic ring is 1. The highest BCUT2D eigenvalue weighted by molar-refractivity contribution is 5.61. The van der Waals surface area contributed by atoms with E-state index in [1.165, 1.54) is 0 Å². The van der Waals surface area contributed by atoms with Gasteiger partial charge in [-0.3, -0.25) is 0 Å². The van der Waals surface area contributed by atoms with Crippen molar-refractivity contribution < 1.29 is 0 Å². The van der Waals surface area contributed by atoms with Gasteiger partial charge in [-0.05, 0) is 12.3 Å². The van der Waals surface area contributed by atoms with Crippen LogP contribution < -0.4 is 5.73 Å². The SMILES string of the molecule is CC(C)CCc1nc(N)cc(-c2ccccc2)n1. The second kappa shape index (κ2) is 5.63. The molecule has 2 rings (SSSR count). The van der Waals surface area contributed by atoms with E-state index in [9.17, 15) is 0 Å². The largest absolute Gasteiger partial charge is 0.384 e. The second-order valence-electron chi connectivity index (χ2n) is 4.89. The first kappa shape index (κ1) is 12.6. The van der Waals surface area contributed by atoms with E-state index in [0.29, 0.717) is 11.7 Å². The van der Waals surface area contributed by atoms with Crippen molar-refractivity contribution in [1.29, 1.82) is 0 Å². The summed E-state index contributed by atoms with van der Waals surface area (Å²) in [7, 11) is 0. The van der Waals surface area contributed by atoms with Crippen LogP contribution in [0.3, 0.4) is 0 Å². The number of rotatable bonds is 4. The minimum atomic E-state index is 0.544. The molecule has 2 aromatic rings. The fourth-order valence-corrected chi connectivity index (χ4v) is 1.80. The zero-order chi connectivity index (χ0) is 13.0. The van der Waals surface area contributed by atoms with E-state index in [-0.39, 0.29) is 0 Å². The Morgan fingerprint density at radius 3 is 2.50 bits per heavy atom. The molecule has 0 saturated heterocycles. The topological polar surface area (TPSA) is 51.8 Å². The van der Waals surface area contributed by atoms with Crippen LogP contribution >= 0.6 is 0 Å². The van der Waals surface area contributed by atoms with E-state index in [2.05, 4.69) is 23.8 Å². The van der Waals surface area contributed by atoms with Crippen LogP contribution in [0.5, 0.6) is 0 Å². The van der Waals surface area contributed by atoms with Crippen molar-refractivity contribution in [2.24, 2.45) is 5.92 Å². The predicted molar refractivity (Wildman–Crippen MR) is 75.0 cm³/mol. The van der Waals surface area contributed by atoms with Gasteiger partial charge < -0.3 is 5.73 Å². The lowest BCUT2D eigenvalue weighted by atomic mass is 10.1. The van der Waals surface area contributed by atoms with E-state index in [1.807, 2.05) is 36.4 Å². The Labute approximate surface area is 108 Å². The fourth-order valence-electron chi connectivity index (χ4n) is 1.80. The van der Waals surface area contributed by atoms with E-state index in [4.69, 9.17) is 5.73 Å². The number of anilines is 1. The molecule has 2 N–H and O–H groups in total. The molecule has 1 aromatic heterocycles. The second-order valence-corrected chi connectivity index (χ2v) is 4.89. The Kier molecular flexibility index (Phi) is 3.92. The molecule has 0 aliphatic rings. The molecule has 94 valence electrons. The maximum atomic E-state index is 5.85. The van der Waals surface area contributed by atoms with Crippen LogP contribution in [0.25, 0.3) is 11.3 Å². The van der Waals surface area contributed by atoms with Crippen LogP contribution in [0.2, 0.25) is 0 Å². The predicted octanol–water partition coefficient (Wildman–Crippen LogP) is 3.31. The number of benzene rings is 1. The van der Waals surface area contributed by atoms with Gasteiger partial charge in [-0.25, -0.2) is 9.97 Å². The molecule has 18 heavy (non-hydrogen) atoms. The molecular weight excluding hydrogens is 222 g/mol. The summed E-state index contributed by atoms with van der Waals surface area (Å²) in [6.07, 6.45) is 1.96. The molecule has 0 aliphatic heterocycles. The summed E-state index contributed by atoms with van der Waals surface area (Å²) < 4.78 is 0. The number of hydrogen-bond acceptors (Lipinski definition) is 3. The van der Waals surface area contributed by atoms with Crippen LogP contribution in [0.1, 0.15) is 26.1 Å². The van der Waals surface area contributed by atoms with Gasteiger partial charge in [-0.2, -0.15) is 0 Å². The maximum absolute atomic E-state index is 5.85. The molecule has 0 saturated carbocycles. The first-order valence-corrected chi connectivity index (χ1v) is 6.34. The Balaban J connectivity index is 2.27. The normalized spacial score (nSPS) is 10.8. The zero-order valence-corrected chi connectivity index (χ0v) is 10.9. The molecule has 0 unspecified atom stereocenters. The van der Waals surface area contributed by atoms with Gasteiger partial charge in [0.1, 0.15) is 11.6 Å². The molecule has 0 amide bonds. The van der Waals surface area contributed by atoms with Gasteiger partial charge in [0.05, 0.1) is 5.69 Å². The lowest BCUT2D eigenvalue weighted by Gasteiger charge is -2.07. The Bertz CT molecular complexity index is 506. The van der Waals surface area contributed by atoms with Gasteiger partial charge in [0.15, 0.2) is 0 Å². The number of aromatic nitrogens is 2. The molecule has 0 aliphatic carbocycles. The molecule has 1 aromatic carbocycles. The molecule has 0 bridgehead atoms. The van der Waals surface area contributed by atoms with Crippen molar-refractivity contribution in [3.05, 3.63) is 42.2 Å².